The van der Waals surface area contributed by atoms with E-state index < -0.39 is 0 Å². The number of amides is 1. The van der Waals surface area contributed by atoms with Crippen LogP contribution in [0.3, 0.4) is 0 Å². The van der Waals surface area contributed by atoms with Crippen LogP contribution in [0.2, 0.25) is 0 Å². The molecule has 21 heavy (non-hydrogen) atoms. The smallest absolute Gasteiger partial charge is 0.236 e. The van der Waals surface area contributed by atoms with E-state index in [4.69, 9.17) is 9.47 Å². The lowest BCUT2D eigenvalue weighted by molar-refractivity contribution is -0.134. The summed E-state index contributed by atoms with van der Waals surface area (Å²) in [5.74, 6) is 0.141. The molecule has 0 bridgehead atoms. The minimum Gasteiger partial charge on any atom is -0.496 e. The molecule has 0 aliphatic carbocycles. The zero-order valence-corrected chi connectivity index (χ0v) is 12.4. The number of benzene rings is 1. The van der Waals surface area contributed by atoms with Gasteiger partial charge in [0, 0.05) is 24.7 Å². The zero-order chi connectivity index (χ0) is 15.2. The lowest BCUT2D eigenvalue weighted by atomic mass is 10.1. The second-order valence-electron chi connectivity index (χ2n) is 4.95. The fraction of sp³-hybridized carbons (Fsp3) is 0.533. The third-order valence-electron chi connectivity index (χ3n) is 3.59. The SMILES string of the molecule is COc1cccc(F)c1[C@@H](C)NCC(=O)N1CCOCC1. The lowest BCUT2D eigenvalue weighted by Crippen LogP contribution is -2.45. The Kier molecular flexibility index (Phi) is 5.52. The van der Waals surface area contributed by atoms with Gasteiger partial charge in [0.1, 0.15) is 11.6 Å². The lowest BCUT2D eigenvalue weighted by Gasteiger charge is -2.27. The van der Waals surface area contributed by atoms with Crippen LogP contribution in [0.1, 0.15) is 18.5 Å². The molecule has 1 amide bonds. The number of morpholine rings is 1. The van der Waals surface area contributed by atoms with Gasteiger partial charge in [0.25, 0.3) is 0 Å². The summed E-state index contributed by atoms with van der Waals surface area (Å²) < 4.78 is 24.3. The van der Waals surface area contributed by atoms with E-state index in [2.05, 4.69) is 5.32 Å². The van der Waals surface area contributed by atoms with Gasteiger partial charge in [0.15, 0.2) is 0 Å². The van der Waals surface area contributed by atoms with E-state index in [1.807, 2.05) is 6.92 Å². The summed E-state index contributed by atoms with van der Waals surface area (Å²) in [6, 6.07) is 4.38. The van der Waals surface area contributed by atoms with Crippen molar-refractivity contribution in [3.63, 3.8) is 0 Å². The summed E-state index contributed by atoms with van der Waals surface area (Å²) in [6.45, 7) is 4.34. The van der Waals surface area contributed by atoms with E-state index in [0.717, 1.165) is 0 Å². The molecule has 1 aromatic carbocycles. The van der Waals surface area contributed by atoms with Crippen molar-refractivity contribution in [2.24, 2.45) is 0 Å². The van der Waals surface area contributed by atoms with Gasteiger partial charge in [-0.05, 0) is 19.1 Å². The fourth-order valence-corrected chi connectivity index (χ4v) is 2.38. The molecule has 1 fully saturated rings. The number of nitrogens with zero attached hydrogens (tertiary/aromatic N) is 1. The third kappa shape index (κ3) is 3.92. The van der Waals surface area contributed by atoms with Crippen molar-refractivity contribution < 1.29 is 18.7 Å². The highest BCUT2D eigenvalue weighted by molar-refractivity contribution is 5.78. The van der Waals surface area contributed by atoms with Crippen LogP contribution in [0.15, 0.2) is 18.2 Å². The minimum absolute atomic E-state index is 0.000422. The summed E-state index contributed by atoms with van der Waals surface area (Å²) in [5, 5.41) is 3.06. The van der Waals surface area contributed by atoms with Crippen LogP contribution in [0, 0.1) is 5.82 Å². The molecule has 1 aromatic rings. The first kappa shape index (κ1) is 15.7. The zero-order valence-electron chi connectivity index (χ0n) is 12.4. The van der Waals surface area contributed by atoms with Gasteiger partial charge < -0.3 is 19.7 Å². The van der Waals surface area contributed by atoms with Gasteiger partial charge in [-0.15, -0.1) is 0 Å². The van der Waals surface area contributed by atoms with Crippen LogP contribution in [0.4, 0.5) is 4.39 Å². The number of hydrogen-bond donors (Lipinski definition) is 1. The van der Waals surface area contributed by atoms with Crippen molar-refractivity contribution in [3.8, 4) is 5.75 Å². The maximum Gasteiger partial charge on any atom is 0.236 e. The van der Waals surface area contributed by atoms with Crippen molar-refractivity contribution in [2.75, 3.05) is 40.0 Å². The first-order valence-electron chi connectivity index (χ1n) is 7.04. The Morgan fingerprint density at radius 3 is 2.86 bits per heavy atom. The van der Waals surface area contributed by atoms with Crippen molar-refractivity contribution in [1.82, 2.24) is 10.2 Å². The molecule has 1 saturated heterocycles. The monoisotopic (exact) mass is 296 g/mol. The van der Waals surface area contributed by atoms with E-state index >= 15 is 0 Å². The number of methoxy groups -OCH3 is 1. The van der Waals surface area contributed by atoms with Crippen LogP contribution in [0.25, 0.3) is 0 Å². The summed E-state index contributed by atoms with van der Waals surface area (Å²) in [5.41, 5.74) is 0.440. The third-order valence-corrected chi connectivity index (χ3v) is 3.59. The van der Waals surface area contributed by atoms with Gasteiger partial charge in [-0.3, -0.25) is 4.79 Å². The molecule has 116 valence electrons. The molecular formula is C15H21FN2O3. The van der Waals surface area contributed by atoms with Crippen molar-refractivity contribution in [3.05, 3.63) is 29.6 Å². The Bertz CT molecular complexity index is 490. The van der Waals surface area contributed by atoms with Crippen LogP contribution in [-0.4, -0.2) is 50.8 Å². The maximum absolute atomic E-state index is 13.9. The number of halogens is 1. The van der Waals surface area contributed by atoms with Gasteiger partial charge >= 0.3 is 0 Å². The molecule has 1 aliphatic heterocycles. The number of hydrogen-bond acceptors (Lipinski definition) is 4. The second kappa shape index (κ2) is 7.38. The minimum atomic E-state index is -0.340. The van der Waals surface area contributed by atoms with Gasteiger partial charge in [-0.1, -0.05) is 6.07 Å². The Morgan fingerprint density at radius 1 is 1.48 bits per heavy atom. The van der Waals surface area contributed by atoms with E-state index in [-0.39, 0.29) is 24.3 Å². The standard InChI is InChI=1S/C15H21FN2O3/c1-11(15-12(16)4-3-5-13(15)20-2)17-10-14(19)18-6-8-21-9-7-18/h3-5,11,17H,6-10H2,1-2H3/t11-/m1/s1. The van der Waals surface area contributed by atoms with Gasteiger partial charge in [0.05, 0.1) is 26.9 Å². The highest BCUT2D eigenvalue weighted by atomic mass is 19.1. The molecule has 1 atom stereocenters. The van der Waals surface area contributed by atoms with E-state index in [9.17, 15) is 9.18 Å². The summed E-state index contributed by atoms with van der Waals surface area (Å²) in [6.07, 6.45) is 0. The summed E-state index contributed by atoms with van der Waals surface area (Å²) in [7, 11) is 1.50. The second-order valence-corrected chi connectivity index (χ2v) is 4.95. The summed E-state index contributed by atoms with van der Waals surface area (Å²) >= 11 is 0. The van der Waals surface area contributed by atoms with Gasteiger partial charge in [-0.2, -0.15) is 0 Å². The average Bonchev–Trinajstić information content (AvgIpc) is 2.52. The molecule has 0 spiro atoms. The maximum atomic E-state index is 13.9. The molecule has 1 N–H and O–H groups in total. The van der Waals surface area contributed by atoms with Crippen LogP contribution in [-0.2, 0) is 9.53 Å². The van der Waals surface area contributed by atoms with Crippen LogP contribution >= 0.6 is 0 Å². The highest BCUT2D eigenvalue weighted by Crippen LogP contribution is 2.27. The van der Waals surface area contributed by atoms with E-state index in [1.54, 1.807) is 17.0 Å². The number of ether oxygens (including phenoxy) is 2. The van der Waals surface area contributed by atoms with Crippen molar-refractivity contribution in [1.29, 1.82) is 0 Å². The molecule has 2 rings (SSSR count). The molecule has 5 nitrogen and oxygen atoms in total. The molecular weight excluding hydrogens is 275 g/mol. The Hall–Kier alpha value is -1.66. The van der Waals surface area contributed by atoms with E-state index in [0.29, 0.717) is 37.6 Å². The quantitative estimate of drug-likeness (QED) is 0.891. The van der Waals surface area contributed by atoms with Crippen LogP contribution < -0.4 is 10.1 Å². The predicted octanol–water partition coefficient (Wildman–Crippen LogP) is 1.34. The fourth-order valence-electron chi connectivity index (χ4n) is 2.38. The van der Waals surface area contributed by atoms with Gasteiger partial charge in [-0.25, -0.2) is 4.39 Å². The molecule has 0 unspecified atom stereocenters. The Morgan fingerprint density at radius 2 is 2.19 bits per heavy atom. The predicted molar refractivity (Wildman–Crippen MR) is 76.8 cm³/mol. The molecule has 1 heterocycles. The largest absolute Gasteiger partial charge is 0.496 e. The van der Waals surface area contributed by atoms with Crippen molar-refractivity contribution in [2.45, 2.75) is 13.0 Å². The molecule has 0 radical (unpaired) electrons. The van der Waals surface area contributed by atoms with Crippen molar-refractivity contribution >= 4 is 5.91 Å². The highest BCUT2D eigenvalue weighted by Gasteiger charge is 2.20. The van der Waals surface area contributed by atoms with Crippen LogP contribution in [0.5, 0.6) is 5.75 Å². The number of carbonyl (C=O) groups is 1. The topological polar surface area (TPSA) is 50.8 Å². The number of carbonyl (C=O) groups excluding carboxylic acids is 1. The average molecular weight is 296 g/mol. The Labute approximate surface area is 124 Å². The number of nitrogens with one attached hydrogen (secondary N) is 1. The molecule has 0 saturated carbocycles. The Balaban J connectivity index is 1.95. The molecule has 6 heteroatoms. The normalized spacial score (nSPS) is 16.6. The first-order chi connectivity index (χ1) is 10.1. The molecule has 1 aliphatic rings. The number of rotatable bonds is 5. The van der Waals surface area contributed by atoms with E-state index in [1.165, 1.54) is 13.2 Å². The first-order valence-corrected chi connectivity index (χ1v) is 7.04. The summed E-state index contributed by atoms with van der Waals surface area (Å²) in [4.78, 5) is 13.8. The molecule has 0 aromatic heterocycles. The van der Waals surface area contributed by atoms with Gasteiger partial charge in [0.2, 0.25) is 5.91 Å².